The number of urea groups is 1. The average molecular weight is 623 g/mol. The van der Waals surface area contributed by atoms with E-state index in [0.29, 0.717) is 22.6 Å². The molecule has 1 aliphatic rings. The second-order valence-corrected chi connectivity index (χ2v) is 11.8. The molecule has 2 heterocycles. The molecule has 1 aromatic heterocycles. The fourth-order valence-corrected chi connectivity index (χ4v) is 6.11. The van der Waals surface area contributed by atoms with E-state index >= 15 is 0 Å². The minimum atomic E-state index is -4.75. The van der Waals surface area contributed by atoms with Gasteiger partial charge in [-0.1, -0.05) is 62.0 Å². The van der Waals surface area contributed by atoms with Crippen LogP contribution in [-0.2, 0) is 0 Å². The third kappa shape index (κ3) is 7.42. The molecule has 3 aromatic carbocycles. The molecule has 0 bridgehead atoms. The van der Waals surface area contributed by atoms with Crippen molar-refractivity contribution in [1.29, 1.82) is 0 Å². The molecule has 1 atom stereocenters. The topological polar surface area (TPSA) is 84.6 Å². The van der Waals surface area contributed by atoms with Crippen molar-refractivity contribution in [2.75, 3.05) is 17.2 Å². The number of halogens is 3. The molecule has 1 aliphatic heterocycles. The van der Waals surface area contributed by atoms with E-state index in [1.54, 1.807) is 11.8 Å². The first-order valence-corrected chi connectivity index (χ1v) is 15.2. The van der Waals surface area contributed by atoms with E-state index in [0.717, 1.165) is 35.5 Å². The number of hydrogen-bond donors (Lipinski definition) is 1. The van der Waals surface area contributed by atoms with E-state index in [-0.39, 0.29) is 11.8 Å². The summed E-state index contributed by atoms with van der Waals surface area (Å²) in [4.78, 5) is 24.0. The summed E-state index contributed by atoms with van der Waals surface area (Å²) in [5.74, 6) is 1.38. The normalized spacial score (nSPS) is 15.5. The molecular formula is C32H33F3N6O2S. The van der Waals surface area contributed by atoms with Crippen molar-refractivity contribution in [3.05, 3.63) is 89.7 Å². The van der Waals surface area contributed by atoms with Crippen LogP contribution in [0, 0.1) is 6.92 Å². The number of amidine groups is 1. The lowest BCUT2D eigenvalue weighted by atomic mass is 9.95. The smallest absolute Gasteiger partial charge is 0.406 e. The van der Waals surface area contributed by atoms with Crippen molar-refractivity contribution in [1.82, 2.24) is 20.1 Å². The Kier molecular flexibility index (Phi) is 9.28. The SMILES string of the molecule is Cc1cccc(N2CCCS/C2=N\C(=O)NC(C)c2ccc(-c3ncn(-c4ccc(OC(F)(F)F)cc4)n3)cc2)c1C(C)C. The molecule has 1 N–H and O–H groups in total. The number of aromatic nitrogens is 3. The van der Waals surface area contributed by atoms with E-state index < -0.39 is 12.4 Å². The van der Waals surface area contributed by atoms with Gasteiger partial charge in [-0.3, -0.25) is 0 Å². The maximum absolute atomic E-state index is 13.0. The monoisotopic (exact) mass is 622 g/mol. The molecule has 0 radical (unpaired) electrons. The lowest BCUT2D eigenvalue weighted by Gasteiger charge is -2.32. The van der Waals surface area contributed by atoms with Crippen molar-refractivity contribution >= 4 is 28.6 Å². The third-order valence-corrected chi connectivity index (χ3v) is 8.25. The van der Waals surface area contributed by atoms with Gasteiger partial charge in [0.25, 0.3) is 0 Å². The minimum absolute atomic E-state index is 0.295. The number of carbonyl (C=O) groups excluding carboxylic acids is 1. The van der Waals surface area contributed by atoms with Crippen LogP contribution in [0.3, 0.4) is 0 Å². The van der Waals surface area contributed by atoms with Crippen LogP contribution in [0.1, 0.15) is 55.8 Å². The first-order valence-electron chi connectivity index (χ1n) is 14.3. The highest BCUT2D eigenvalue weighted by molar-refractivity contribution is 8.14. The largest absolute Gasteiger partial charge is 0.573 e. The molecule has 4 aromatic rings. The van der Waals surface area contributed by atoms with Crippen molar-refractivity contribution in [3.63, 3.8) is 0 Å². The minimum Gasteiger partial charge on any atom is -0.406 e. The summed E-state index contributed by atoms with van der Waals surface area (Å²) in [6.07, 6.45) is -2.26. The number of thioether (sulfide) groups is 1. The molecule has 0 saturated carbocycles. The number of anilines is 1. The zero-order valence-corrected chi connectivity index (χ0v) is 25.6. The standard InChI is InChI=1S/C32H33F3N6O2S/c1-20(2)28-21(3)7-5-8-27(28)40-17-6-18-44-31(40)38-30(42)37-22(4)23-9-11-24(12-10-23)29-36-19-41(39-29)25-13-15-26(16-14-25)43-32(33,34)35/h5,7-16,19-20,22H,6,17-18H2,1-4H3,(H,37,42)/b38-31-. The van der Waals surface area contributed by atoms with Crippen LogP contribution < -0.4 is 15.0 Å². The Bertz CT molecular complexity index is 1640. The van der Waals surface area contributed by atoms with Gasteiger partial charge in [-0.05, 0) is 73.2 Å². The molecule has 230 valence electrons. The number of aryl methyl sites for hydroxylation is 1. The zero-order valence-electron chi connectivity index (χ0n) is 24.8. The van der Waals surface area contributed by atoms with E-state index in [1.165, 1.54) is 46.4 Å². The van der Waals surface area contributed by atoms with Crippen molar-refractivity contribution in [2.45, 2.75) is 52.4 Å². The Morgan fingerprint density at radius 3 is 2.45 bits per heavy atom. The molecule has 8 nitrogen and oxygen atoms in total. The highest BCUT2D eigenvalue weighted by Crippen LogP contribution is 2.34. The van der Waals surface area contributed by atoms with Crippen LogP contribution in [-0.4, -0.2) is 44.6 Å². The van der Waals surface area contributed by atoms with Gasteiger partial charge in [-0.2, -0.15) is 4.99 Å². The number of amides is 2. The van der Waals surface area contributed by atoms with Gasteiger partial charge in [0.05, 0.1) is 11.7 Å². The maximum atomic E-state index is 13.0. The predicted molar refractivity (Wildman–Crippen MR) is 168 cm³/mol. The predicted octanol–water partition coefficient (Wildman–Crippen LogP) is 8.03. The van der Waals surface area contributed by atoms with Crippen LogP contribution in [0.15, 0.2) is 78.0 Å². The Morgan fingerprint density at radius 2 is 1.77 bits per heavy atom. The number of carbonyl (C=O) groups is 1. The molecule has 44 heavy (non-hydrogen) atoms. The summed E-state index contributed by atoms with van der Waals surface area (Å²) < 4.78 is 42.7. The van der Waals surface area contributed by atoms with Crippen LogP contribution in [0.4, 0.5) is 23.7 Å². The second kappa shape index (κ2) is 13.1. The fourth-order valence-electron chi connectivity index (χ4n) is 5.16. The second-order valence-electron chi connectivity index (χ2n) is 10.8. The molecular weight excluding hydrogens is 589 g/mol. The van der Waals surface area contributed by atoms with Gasteiger partial charge >= 0.3 is 12.4 Å². The lowest BCUT2D eigenvalue weighted by Crippen LogP contribution is -2.37. The molecule has 0 spiro atoms. The molecule has 12 heteroatoms. The van der Waals surface area contributed by atoms with Crippen molar-refractivity contribution in [3.8, 4) is 22.8 Å². The van der Waals surface area contributed by atoms with Gasteiger partial charge in [0.2, 0.25) is 0 Å². The molecule has 0 aliphatic carbocycles. The summed E-state index contributed by atoms with van der Waals surface area (Å²) >= 11 is 1.59. The highest BCUT2D eigenvalue weighted by atomic mass is 32.2. The van der Waals surface area contributed by atoms with Crippen molar-refractivity contribution in [2.24, 2.45) is 4.99 Å². The molecule has 5 rings (SSSR count). The molecule has 1 fully saturated rings. The van der Waals surface area contributed by atoms with Crippen LogP contribution in [0.5, 0.6) is 5.75 Å². The lowest BCUT2D eigenvalue weighted by molar-refractivity contribution is -0.274. The van der Waals surface area contributed by atoms with Gasteiger partial charge in [-0.15, -0.1) is 18.3 Å². The zero-order chi connectivity index (χ0) is 31.4. The van der Waals surface area contributed by atoms with Gasteiger partial charge in [0.15, 0.2) is 11.0 Å². The Morgan fingerprint density at radius 1 is 1.05 bits per heavy atom. The molecule has 1 saturated heterocycles. The van der Waals surface area contributed by atoms with E-state index in [1.807, 2.05) is 37.3 Å². The Hall–Kier alpha value is -4.32. The Balaban J connectivity index is 1.25. The average Bonchev–Trinajstić information content (AvgIpc) is 3.47. The number of aliphatic imine (C=N–C) groups is 1. The van der Waals surface area contributed by atoms with Gasteiger partial charge in [0.1, 0.15) is 12.1 Å². The van der Waals surface area contributed by atoms with Gasteiger partial charge < -0.3 is 15.0 Å². The van der Waals surface area contributed by atoms with E-state index in [9.17, 15) is 18.0 Å². The summed E-state index contributed by atoms with van der Waals surface area (Å²) in [5.41, 5.74) is 5.76. The summed E-state index contributed by atoms with van der Waals surface area (Å²) in [6.45, 7) is 9.18. The third-order valence-electron chi connectivity index (χ3n) is 7.19. The quantitative estimate of drug-likeness (QED) is 0.225. The van der Waals surface area contributed by atoms with Crippen molar-refractivity contribution < 1.29 is 22.7 Å². The maximum Gasteiger partial charge on any atom is 0.573 e. The first-order chi connectivity index (χ1) is 21.0. The number of hydrogen-bond acceptors (Lipinski definition) is 5. The summed E-state index contributed by atoms with van der Waals surface area (Å²) in [6, 6.07) is 18.4. The van der Waals surface area contributed by atoms with Crippen LogP contribution >= 0.6 is 11.8 Å². The number of nitrogens with zero attached hydrogens (tertiary/aromatic N) is 5. The number of ether oxygens (including phenoxy) is 1. The fraction of sp³-hybridized carbons (Fsp3) is 0.312. The van der Waals surface area contributed by atoms with E-state index in [2.05, 4.69) is 62.9 Å². The number of rotatable bonds is 7. The first kappa shape index (κ1) is 31.1. The van der Waals surface area contributed by atoms with E-state index in [4.69, 9.17) is 0 Å². The Labute approximate surface area is 258 Å². The molecule has 2 amide bonds. The number of alkyl halides is 3. The summed E-state index contributed by atoms with van der Waals surface area (Å²) in [7, 11) is 0. The summed E-state index contributed by atoms with van der Waals surface area (Å²) in [5, 5.41) is 8.13. The van der Waals surface area contributed by atoms with Crippen LogP contribution in [0.25, 0.3) is 17.1 Å². The molecule has 1 unspecified atom stereocenters. The number of benzene rings is 3. The van der Waals surface area contributed by atoms with Gasteiger partial charge in [0, 0.05) is 23.5 Å². The van der Waals surface area contributed by atoms with Crippen LogP contribution in [0.2, 0.25) is 0 Å². The van der Waals surface area contributed by atoms with Gasteiger partial charge in [-0.25, -0.2) is 14.5 Å². The highest BCUT2D eigenvalue weighted by Gasteiger charge is 2.31. The number of nitrogens with one attached hydrogen (secondary N) is 1.